The molecule has 1 rings (SSSR count). The Bertz CT molecular complexity index is 183. The molecule has 0 spiro atoms. The Morgan fingerprint density at radius 3 is 2.82 bits per heavy atom. The fraction of sp³-hybridized carbons (Fsp3) is 0.750. The van der Waals surface area contributed by atoms with Crippen LogP contribution >= 0.6 is 0 Å². The van der Waals surface area contributed by atoms with Crippen molar-refractivity contribution in [2.75, 3.05) is 0 Å². The third-order valence-electron chi connectivity index (χ3n) is 1.72. The van der Waals surface area contributed by atoms with Gasteiger partial charge >= 0.3 is 6.34 Å². The van der Waals surface area contributed by atoms with Crippen molar-refractivity contribution < 1.29 is 5.11 Å². The molecular weight excluding hydrogens is 140 g/mol. The van der Waals surface area contributed by atoms with Crippen molar-refractivity contribution in [2.45, 2.75) is 32.4 Å². The topological polar surface area (TPSA) is 46.4 Å². The molecule has 0 aromatic heterocycles. The minimum absolute atomic E-state index is 0.0254. The van der Waals surface area contributed by atoms with Crippen LogP contribution in [0.25, 0.3) is 0 Å². The van der Waals surface area contributed by atoms with E-state index < -0.39 is 0 Å². The predicted molar refractivity (Wildman–Crippen MR) is 46.6 cm³/mol. The van der Waals surface area contributed by atoms with Crippen molar-refractivity contribution in [3.63, 3.8) is 0 Å². The van der Waals surface area contributed by atoms with Crippen LogP contribution in [-0.2, 0) is 0 Å². The number of hydrogen-bond acceptors (Lipinski definition) is 2. The van der Waals surface area contributed by atoms with E-state index in [9.17, 15) is 5.11 Å². The van der Waals surface area contributed by atoms with Crippen molar-refractivity contribution >= 4 is 12.6 Å². The van der Waals surface area contributed by atoms with Gasteiger partial charge in [-0.3, -0.25) is 5.32 Å². The van der Waals surface area contributed by atoms with Gasteiger partial charge in [0.2, 0.25) is 6.21 Å². The first-order chi connectivity index (χ1) is 5.20. The van der Waals surface area contributed by atoms with Gasteiger partial charge in [0.05, 0.1) is 0 Å². The van der Waals surface area contributed by atoms with Crippen LogP contribution in [0.5, 0.6) is 0 Å². The summed E-state index contributed by atoms with van der Waals surface area (Å²) < 4.78 is 3.87. The lowest BCUT2D eigenvalue weighted by atomic mass is 10.0. The Kier molecular flexibility index (Phi) is 2.69. The second-order valence-electron chi connectivity index (χ2n) is 3.32. The second kappa shape index (κ2) is 3.56. The molecule has 0 aromatic rings. The highest BCUT2D eigenvalue weighted by Gasteiger charge is 2.25. The van der Waals surface area contributed by atoms with Gasteiger partial charge in [0.15, 0.2) is 6.04 Å². The number of aliphatic hydroxyl groups excluding tert-OH is 1. The molecule has 0 saturated heterocycles. The van der Waals surface area contributed by atoms with E-state index in [1.54, 1.807) is 12.6 Å². The Balaban J connectivity index is 2.30. The molecule has 3 nitrogen and oxygen atoms in total. The van der Waals surface area contributed by atoms with Gasteiger partial charge < -0.3 is 5.11 Å². The minimum Gasteiger partial charge on any atom is -0.388 e. The van der Waals surface area contributed by atoms with Gasteiger partial charge in [-0.2, -0.15) is 0 Å². The van der Waals surface area contributed by atoms with Gasteiger partial charge in [-0.05, 0) is 12.3 Å². The summed E-state index contributed by atoms with van der Waals surface area (Å²) in [5.74, 6) is 0.529. The molecule has 0 aliphatic carbocycles. The summed E-state index contributed by atoms with van der Waals surface area (Å²) in [5.41, 5.74) is 0. The Labute approximate surface area is 66.9 Å². The van der Waals surface area contributed by atoms with Crippen LogP contribution < -0.4 is 9.98 Å². The lowest BCUT2D eigenvalue weighted by molar-refractivity contribution is 0.137. The zero-order chi connectivity index (χ0) is 8.27. The van der Waals surface area contributed by atoms with Crippen molar-refractivity contribution in [2.24, 2.45) is 5.92 Å². The van der Waals surface area contributed by atoms with E-state index in [2.05, 4.69) is 23.8 Å². The zero-order valence-electron chi connectivity index (χ0n) is 6.99. The Hall–Kier alpha value is -0.790. The van der Waals surface area contributed by atoms with Crippen molar-refractivity contribution in [3.05, 3.63) is 0 Å². The molecule has 0 aromatic carbocycles. The fourth-order valence-electron chi connectivity index (χ4n) is 1.15. The van der Waals surface area contributed by atoms with Gasteiger partial charge in [-0.25, -0.2) is 4.67 Å². The summed E-state index contributed by atoms with van der Waals surface area (Å²) in [6, 6.07) is 0.0254. The van der Waals surface area contributed by atoms with Crippen LogP contribution in [0.4, 0.5) is 0 Å². The molecule has 2 unspecified atom stereocenters. The van der Waals surface area contributed by atoms with Gasteiger partial charge in [0.1, 0.15) is 6.10 Å². The molecule has 11 heavy (non-hydrogen) atoms. The van der Waals surface area contributed by atoms with Crippen LogP contribution in [-0.4, -0.2) is 29.8 Å². The maximum atomic E-state index is 9.55. The van der Waals surface area contributed by atoms with Crippen molar-refractivity contribution in [1.29, 1.82) is 0 Å². The lowest BCUT2D eigenvalue weighted by Crippen LogP contribution is -2.38. The summed E-state index contributed by atoms with van der Waals surface area (Å²) in [4.78, 5) is 0. The average Bonchev–Trinajstić information content (AvgIpc) is 2.35. The molecule has 0 radical (unpaired) electrons. The van der Waals surface area contributed by atoms with Crippen LogP contribution in [0.2, 0.25) is 0 Å². The molecule has 0 fully saturated rings. The SMILES string of the molecule is CC(C)CC(O)C1C=[N+]=CN1. The van der Waals surface area contributed by atoms with Gasteiger partial charge in [-0.15, -0.1) is 0 Å². The van der Waals surface area contributed by atoms with Crippen LogP contribution in [0.1, 0.15) is 20.3 Å². The molecule has 2 N–H and O–H groups in total. The molecule has 1 aliphatic heterocycles. The van der Waals surface area contributed by atoms with Crippen molar-refractivity contribution in [1.82, 2.24) is 9.98 Å². The standard InChI is InChI=1S/C8H14N2O/c1-6(2)3-8(11)7-4-9-5-10-7/h4-8,11H,3H2,1-2H3/p+1. The minimum atomic E-state index is -0.308. The molecule has 1 aliphatic rings. The summed E-state index contributed by atoms with van der Waals surface area (Å²) in [5, 5.41) is 12.5. The Morgan fingerprint density at radius 2 is 2.36 bits per heavy atom. The van der Waals surface area contributed by atoms with E-state index in [0.717, 1.165) is 6.42 Å². The largest absolute Gasteiger partial charge is 0.388 e. The highest BCUT2D eigenvalue weighted by molar-refractivity contribution is 5.78. The summed E-state index contributed by atoms with van der Waals surface area (Å²) >= 11 is 0. The summed E-state index contributed by atoms with van der Waals surface area (Å²) in [6.07, 6.45) is 3.87. The second-order valence-corrected chi connectivity index (χ2v) is 3.32. The first-order valence-corrected chi connectivity index (χ1v) is 3.99. The third-order valence-corrected chi connectivity index (χ3v) is 1.72. The van der Waals surface area contributed by atoms with E-state index in [0.29, 0.717) is 5.92 Å². The van der Waals surface area contributed by atoms with E-state index >= 15 is 0 Å². The predicted octanol–water partition coefficient (Wildman–Crippen LogP) is -0.469. The maximum Gasteiger partial charge on any atom is 0.331 e. The van der Waals surface area contributed by atoms with Crippen molar-refractivity contribution in [3.8, 4) is 0 Å². The normalized spacial score (nSPS) is 24.2. The third kappa shape index (κ3) is 2.37. The molecule has 3 heteroatoms. The van der Waals surface area contributed by atoms with Crippen LogP contribution in [0, 0.1) is 5.92 Å². The van der Waals surface area contributed by atoms with Crippen LogP contribution in [0.15, 0.2) is 0 Å². The first-order valence-electron chi connectivity index (χ1n) is 3.99. The highest BCUT2D eigenvalue weighted by atomic mass is 16.3. The molecule has 0 saturated carbocycles. The molecule has 1 heterocycles. The number of nitrogens with zero attached hydrogens (tertiary/aromatic N) is 1. The number of nitrogens with one attached hydrogen (secondary N) is 1. The monoisotopic (exact) mass is 155 g/mol. The highest BCUT2D eigenvalue weighted by Crippen LogP contribution is 2.06. The Morgan fingerprint density at radius 1 is 1.64 bits per heavy atom. The van der Waals surface area contributed by atoms with E-state index in [1.807, 2.05) is 0 Å². The summed E-state index contributed by atoms with van der Waals surface area (Å²) in [7, 11) is 0. The number of hydrogen-bond donors (Lipinski definition) is 2. The average molecular weight is 155 g/mol. The number of aliphatic hydroxyl groups is 1. The first kappa shape index (κ1) is 8.31. The quantitative estimate of drug-likeness (QED) is 0.541. The van der Waals surface area contributed by atoms with E-state index in [4.69, 9.17) is 0 Å². The lowest BCUT2D eigenvalue weighted by Gasteiger charge is -2.13. The van der Waals surface area contributed by atoms with Gasteiger partial charge in [0, 0.05) is 0 Å². The smallest absolute Gasteiger partial charge is 0.331 e. The van der Waals surface area contributed by atoms with E-state index in [-0.39, 0.29) is 12.1 Å². The number of rotatable bonds is 3. The fourth-order valence-corrected chi connectivity index (χ4v) is 1.15. The van der Waals surface area contributed by atoms with E-state index in [1.165, 1.54) is 0 Å². The summed E-state index contributed by atoms with van der Waals surface area (Å²) in [6.45, 7) is 4.19. The maximum absolute atomic E-state index is 9.55. The van der Waals surface area contributed by atoms with Gasteiger partial charge in [-0.1, -0.05) is 13.8 Å². The van der Waals surface area contributed by atoms with Crippen LogP contribution in [0.3, 0.4) is 0 Å². The molecule has 0 bridgehead atoms. The van der Waals surface area contributed by atoms with Gasteiger partial charge in [0.25, 0.3) is 0 Å². The molecular formula is C8H15N2O+. The molecule has 2 atom stereocenters. The molecule has 0 amide bonds. The molecule has 62 valence electrons. The zero-order valence-corrected chi connectivity index (χ0v) is 6.99.